The van der Waals surface area contributed by atoms with E-state index in [9.17, 15) is 4.79 Å². The summed E-state index contributed by atoms with van der Waals surface area (Å²) < 4.78 is 5.48. The summed E-state index contributed by atoms with van der Waals surface area (Å²) in [4.78, 5) is 14.5. The van der Waals surface area contributed by atoms with Crippen molar-refractivity contribution in [1.82, 2.24) is 10.3 Å². The molecule has 1 aliphatic heterocycles. The zero-order chi connectivity index (χ0) is 18.9. The number of nitrogens with zero attached hydrogens (tertiary/aromatic N) is 2. The van der Waals surface area contributed by atoms with Gasteiger partial charge in [0.15, 0.2) is 0 Å². The van der Waals surface area contributed by atoms with E-state index in [0.717, 1.165) is 30.1 Å². The molecular weight excluding hydrogens is 340 g/mol. The third-order valence-corrected chi connectivity index (χ3v) is 4.51. The number of ether oxygens (including phenoxy) is 1. The highest BCUT2D eigenvalue weighted by Gasteiger charge is 2.25. The molecule has 6 heteroatoms. The lowest BCUT2D eigenvalue weighted by Crippen LogP contribution is -2.42. The van der Waals surface area contributed by atoms with Crippen LogP contribution < -0.4 is 10.7 Å². The second-order valence-corrected chi connectivity index (χ2v) is 6.47. The van der Waals surface area contributed by atoms with Crippen molar-refractivity contribution in [2.75, 3.05) is 38.2 Å². The number of carbonyl (C=O) groups is 1. The van der Waals surface area contributed by atoms with Gasteiger partial charge in [0, 0.05) is 18.8 Å². The minimum atomic E-state index is -0.174. The molecule has 1 fully saturated rings. The van der Waals surface area contributed by atoms with Crippen LogP contribution in [0.15, 0.2) is 65.8 Å². The van der Waals surface area contributed by atoms with E-state index in [1.54, 1.807) is 0 Å². The number of para-hydroxylation sites is 1. The van der Waals surface area contributed by atoms with Crippen LogP contribution in [-0.4, -0.2) is 49.4 Å². The fourth-order valence-electron chi connectivity index (χ4n) is 3.18. The second kappa shape index (κ2) is 9.85. The van der Waals surface area contributed by atoms with Gasteiger partial charge in [0.1, 0.15) is 0 Å². The molecule has 0 spiro atoms. The molecule has 142 valence electrons. The maximum absolute atomic E-state index is 12.1. The number of hydrogen-bond donors (Lipinski definition) is 2. The van der Waals surface area contributed by atoms with Gasteiger partial charge >= 0.3 is 0 Å². The van der Waals surface area contributed by atoms with Gasteiger partial charge in [-0.2, -0.15) is 5.10 Å². The lowest BCUT2D eigenvalue weighted by atomic mass is 10.0. The quantitative estimate of drug-likeness (QED) is 0.584. The highest BCUT2D eigenvalue weighted by Crippen LogP contribution is 2.23. The summed E-state index contributed by atoms with van der Waals surface area (Å²) in [5.74, 6) is -0.174. The first-order valence-electron chi connectivity index (χ1n) is 9.23. The summed E-state index contributed by atoms with van der Waals surface area (Å²) in [5.41, 5.74) is 5.60. The number of carbonyl (C=O) groups excluding carboxylic acids is 1. The number of hydrogen-bond acceptors (Lipinski definition) is 5. The first kappa shape index (κ1) is 19.1. The maximum atomic E-state index is 12.1. The van der Waals surface area contributed by atoms with Crippen LogP contribution in [0.3, 0.4) is 0 Å². The topological polar surface area (TPSA) is 66.0 Å². The Bertz CT molecular complexity index is 743. The molecule has 1 amide bonds. The van der Waals surface area contributed by atoms with Crippen molar-refractivity contribution >= 4 is 17.3 Å². The largest absolute Gasteiger partial charge is 0.379 e. The predicted octanol–water partition coefficient (Wildman–Crippen LogP) is 2.66. The third kappa shape index (κ3) is 5.64. The lowest BCUT2D eigenvalue weighted by molar-refractivity contribution is -0.119. The molecular formula is C21H26N4O2. The highest BCUT2D eigenvalue weighted by atomic mass is 16.5. The van der Waals surface area contributed by atoms with Gasteiger partial charge in [0.2, 0.25) is 0 Å². The van der Waals surface area contributed by atoms with E-state index in [0.29, 0.717) is 13.2 Å². The number of morpholine rings is 1. The Balaban J connectivity index is 1.63. The van der Waals surface area contributed by atoms with Crippen LogP contribution in [0.2, 0.25) is 0 Å². The van der Waals surface area contributed by atoms with Gasteiger partial charge in [-0.3, -0.25) is 9.69 Å². The Morgan fingerprint density at radius 2 is 1.70 bits per heavy atom. The summed E-state index contributed by atoms with van der Waals surface area (Å²) in [7, 11) is 0. The van der Waals surface area contributed by atoms with Crippen LogP contribution in [0.5, 0.6) is 0 Å². The molecule has 0 unspecified atom stereocenters. The molecule has 2 N–H and O–H groups in total. The lowest BCUT2D eigenvalue weighted by Gasteiger charge is -2.34. The number of amides is 1. The van der Waals surface area contributed by atoms with Crippen molar-refractivity contribution in [1.29, 1.82) is 0 Å². The van der Waals surface area contributed by atoms with E-state index in [-0.39, 0.29) is 18.5 Å². The second-order valence-electron chi connectivity index (χ2n) is 6.47. The Hall–Kier alpha value is -2.70. The van der Waals surface area contributed by atoms with Crippen LogP contribution >= 0.6 is 0 Å². The summed E-state index contributed by atoms with van der Waals surface area (Å²) >= 11 is 0. The average molecular weight is 366 g/mol. The zero-order valence-corrected chi connectivity index (χ0v) is 15.6. The zero-order valence-electron chi connectivity index (χ0n) is 15.6. The molecule has 3 rings (SSSR count). The molecule has 0 radical (unpaired) electrons. The summed E-state index contributed by atoms with van der Waals surface area (Å²) in [6, 6.07) is 19.9. The van der Waals surface area contributed by atoms with Gasteiger partial charge in [-0.15, -0.1) is 0 Å². The third-order valence-electron chi connectivity index (χ3n) is 4.51. The first-order chi connectivity index (χ1) is 13.2. The number of anilines is 1. The van der Waals surface area contributed by atoms with Gasteiger partial charge in [0.25, 0.3) is 5.91 Å². The molecule has 2 aromatic rings. The maximum Gasteiger partial charge on any atom is 0.259 e. The molecule has 27 heavy (non-hydrogen) atoms. The Morgan fingerprint density at radius 3 is 2.37 bits per heavy atom. The molecule has 0 bridgehead atoms. The van der Waals surface area contributed by atoms with Gasteiger partial charge in [-0.25, -0.2) is 5.43 Å². The summed E-state index contributed by atoms with van der Waals surface area (Å²) in [5, 5.41) is 7.47. The van der Waals surface area contributed by atoms with Crippen molar-refractivity contribution in [3.05, 3.63) is 66.2 Å². The Kier molecular flexibility index (Phi) is 6.96. The van der Waals surface area contributed by atoms with Crippen molar-refractivity contribution in [3.8, 4) is 0 Å². The first-order valence-corrected chi connectivity index (χ1v) is 9.23. The summed E-state index contributed by atoms with van der Waals surface area (Å²) in [6.45, 7) is 5.24. The van der Waals surface area contributed by atoms with E-state index in [2.05, 4.69) is 32.9 Å². The Labute approximate surface area is 160 Å². The van der Waals surface area contributed by atoms with E-state index in [1.165, 1.54) is 0 Å². The van der Waals surface area contributed by atoms with Crippen molar-refractivity contribution in [2.24, 2.45) is 5.10 Å². The van der Waals surface area contributed by atoms with E-state index in [1.807, 2.05) is 55.5 Å². The molecule has 1 atom stereocenters. The SMILES string of the molecule is C/C(=N/NC(=O)CNc1ccccc1)[C@H](c1ccccc1)N1CCOCC1. The highest BCUT2D eigenvalue weighted by molar-refractivity contribution is 5.90. The van der Waals surface area contributed by atoms with Gasteiger partial charge in [-0.05, 0) is 24.6 Å². The van der Waals surface area contributed by atoms with Crippen LogP contribution in [0, 0.1) is 0 Å². The van der Waals surface area contributed by atoms with E-state index < -0.39 is 0 Å². The molecule has 0 aliphatic carbocycles. The van der Waals surface area contributed by atoms with Crippen LogP contribution in [-0.2, 0) is 9.53 Å². The number of rotatable bonds is 7. The van der Waals surface area contributed by atoms with Crippen LogP contribution in [0.1, 0.15) is 18.5 Å². The fourth-order valence-corrected chi connectivity index (χ4v) is 3.18. The molecule has 1 aliphatic rings. The standard InChI is InChI=1S/C21H26N4O2/c1-17(23-24-20(26)16-22-19-10-6-3-7-11-19)21(18-8-4-2-5-9-18)25-12-14-27-15-13-25/h2-11,21-22H,12-16H2,1H3,(H,24,26)/b23-17-/t21-/m1/s1. The van der Waals surface area contributed by atoms with E-state index >= 15 is 0 Å². The van der Waals surface area contributed by atoms with Crippen LogP contribution in [0.4, 0.5) is 5.69 Å². The van der Waals surface area contributed by atoms with Crippen molar-refractivity contribution in [3.63, 3.8) is 0 Å². The molecule has 1 saturated heterocycles. The van der Waals surface area contributed by atoms with Crippen LogP contribution in [0.25, 0.3) is 0 Å². The van der Waals surface area contributed by atoms with Crippen molar-refractivity contribution in [2.45, 2.75) is 13.0 Å². The number of nitrogens with one attached hydrogen (secondary N) is 2. The van der Waals surface area contributed by atoms with Gasteiger partial charge in [0.05, 0.1) is 31.5 Å². The van der Waals surface area contributed by atoms with Gasteiger partial charge in [-0.1, -0.05) is 48.5 Å². The fraction of sp³-hybridized carbons (Fsp3) is 0.333. The smallest absolute Gasteiger partial charge is 0.259 e. The molecule has 2 aromatic carbocycles. The normalized spacial score (nSPS) is 16.6. The van der Waals surface area contributed by atoms with E-state index in [4.69, 9.17) is 4.74 Å². The average Bonchev–Trinajstić information content (AvgIpc) is 2.73. The molecule has 0 aromatic heterocycles. The molecule has 0 saturated carbocycles. The predicted molar refractivity (Wildman–Crippen MR) is 108 cm³/mol. The van der Waals surface area contributed by atoms with Gasteiger partial charge < -0.3 is 10.1 Å². The number of hydrazone groups is 1. The number of benzene rings is 2. The molecule has 6 nitrogen and oxygen atoms in total. The summed E-state index contributed by atoms with van der Waals surface area (Å²) in [6.07, 6.45) is 0. The monoisotopic (exact) mass is 366 g/mol. The minimum Gasteiger partial charge on any atom is -0.379 e. The minimum absolute atomic E-state index is 0.0254. The van der Waals surface area contributed by atoms with Crippen molar-refractivity contribution < 1.29 is 9.53 Å². The molecule has 1 heterocycles. The Morgan fingerprint density at radius 1 is 1.07 bits per heavy atom.